The van der Waals surface area contributed by atoms with Crippen LogP contribution in [-0.2, 0) is 10.0 Å². The quantitative estimate of drug-likeness (QED) is 0.888. The highest BCUT2D eigenvalue weighted by Gasteiger charge is 2.19. The third kappa shape index (κ3) is 3.40. The second-order valence-electron chi connectivity index (χ2n) is 4.29. The molecule has 0 saturated heterocycles. The number of pyridine rings is 1. The number of benzene rings is 1. The van der Waals surface area contributed by atoms with Crippen molar-refractivity contribution in [2.24, 2.45) is 0 Å². The maximum absolute atomic E-state index is 12.4. The van der Waals surface area contributed by atoms with E-state index in [9.17, 15) is 8.42 Å². The molecule has 0 aliphatic rings. The van der Waals surface area contributed by atoms with Crippen molar-refractivity contribution < 1.29 is 8.42 Å². The van der Waals surface area contributed by atoms with Gasteiger partial charge in [-0.05, 0) is 24.6 Å². The fraction of sp³-hybridized carbons (Fsp3) is 0.154. The van der Waals surface area contributed by atoms with E-state index in [0.29, 0.717) is 16.5 Å². The highest BCUT2D eigenvalue weighted by atomic mass is 35.5. The first-order chi connectivity index (χ1) is 9.85. The van der Waals surface area contributed by atoms with E-state index in [0.717, 1.165) is 5.56 Å². The largest absolute Gasteiger partial charge is 0.372 e. The number of sulfonamides is 1. The van der Waals surface area contributed by atoms with Crippen molar-refractivity contribution in [3.8, 4) is 0 Å². The molecule has 1 heterocycles. The van der Waals surface area contributed by atoms with Crippen LogP contribution in [0.3, 0.4) is 0 Å². The molecular formula is C13H13Cl2N3O2S. The molecule has 5 nitrogen and oxygen atoms in total. The van der Waals surface area contributed by atoms with Crippen molar-refractivity contribution in [3.05, 3.63) is 46.1 Å². The number of nitrogens with one attached hydrogen (secondary N) is 2. The van der Waals surface area contributed by atoms with E-state index in [1.54, 1.807) is 32.2 Å². The van der Waals surface area contributed by atoms with Crippen LogP contribution in [0.1, 0.15) is 5.56 Å². The first-order valence-electron chi connectivity index (χ1n) is 5.96. The zero-order valence-electron chi connectivity index (χ0n) is 11.3. The van der Waals surface area contributed by atoms with E-state index in [2.05, 4.69) is 15.0 Å². The Bertz CT molecular complexity index is 759. The second kappa shape index (κ2) is 6.09. The van der Waals surface area contributed by atoms with Crippen LogP contribution >= 0.6 is 23.2 Å². The lowest BCUT2D eigenvalue weighted by Crippen LogP contribution is -2.14. The lowest BCUT2D eigenvalue weighted by atomic mass is 10.2. The van der Waals surface area contributed by atoms with Crippen LogP contribution in [-0.4, -0.2) is 20.4 Å². The minimum Gasteiger partial charge on any atom is -0.372 e. The number of anilines is 2. The smallest absolute Gasteiger partial charge is 0.263 e. The van der Waals surface area contributed by atoms with Gasteiger partial charge in [0.05, 0.1) is 15.7 Å². The van der Waals surface area contributed by atoms with Crippen molar-refractivity contribution in [1.29, 1.82) is 0 Å². The minimum absolute atomic E-state index is 0.0363. The zero-order chi connectivity index (χ0) is 15.6. The van der Waals surface area contributed by atoms with Gasteiger partial charge in [0.15, 0.2) is 0 Å². The number of aryl methyl sites for hydroxylation is 1. The molecule has 8 heteroatoms. The van der Waals surface area contributed by atoms with Gasteiger partial charge in [-0.15, -0.1) is 0 Å². The first-order valence-corrected chi connectivity index (χ1v) is 8.20. The Morgan fingerprint density at radius 3 is 2.48 bits per heavy atom. The summed E-state index contributed by atoms with van der Waals surface area (Å²) in [6.45, 7) is 1.76. The van der Waals surface area contributed by atoms with E-state index in [4.69, 9.17) is 23.2 Å². The van der Waals surface area contributed by atoms with Crippen molar-refractivity contribution in [1.82, 2.24) is 4.98 Å². The van der Waals surface area contributed by atoms with Crippen LogP contribution in [0.5, 0.6) is 0 Å². The molecule has 21 heavy (non-hydrogen) atoms. The van der Waals surface area contributed by atoms with Gasteiger partial charge in [0.25, 0.3) is 10.0 Å². The van der Waals surface area contributed by atoms with Crippen molar-refractivity contribution in [2.45, 2.75) is 11.8 Å². The Hall–Kier alpha value is -1.50. The Morgan fingerprint density at radius 1 is 1.19 bits per heavy atom. The number of nitrogens with zero attached hydrogens (tertiary/aromatic N) is 1. The number of rotatable bonds is 4. The van der Waals surface area contributed by atoms with Gasteiger partial charge in [0.1, 0.15) is 10.7 Å². The van der Waals surface area contributed by atoms with E-state index >= 15 is 0 Å². The number of hydrogen-bond acceptors (Lipinski definition) is 4. The summed E-state index contributed by atoms with van der Waals surface area (Å²) in [4.78, 5) is 3.92. The fourth-order valence-corrected chi connectivity index (χ4v) is 3.48. The number of aromatic nitrogens is 1. The molecule has 0 radical (unpaired) electrons. The molecule has 2 aromatic rings. The van der Waals surface area contributed by atoms with Crippen molar-refractivity contribution in [3.63, 3.8) is 0 Å². The highest BCUT2D eigenvalue weighted by Crippen LogP contribution is 2.29. The molecule has 0 unspecified atom stereocenters. The SMILES string of the molecule is CNc1ncc(S(=O)(=O)Nc2c(C)cccc2Cl)cc1Cl. The van der Waals surface area contributed by atoms with Gasteiger partial charge < -0.3 is 5.32 Å². The predicted molar refractivity (Wildman–Crippen MR) is 85.8 cm³/mol. The zero-order valence-corrected chi connectivity index (χ0v) is 13.6. The summed E-state index contributed by atoms with van der Waals surface area (Å²) in [5.41, 5.74) is 1.06. The molecule has 0 aliphatic heterocycles. The Balaban J connectivity index is 2.41. The molecule has 0 spiro atoms. The van der Waals surface area contributed by atoms with Gasteiger partial charge in [-0.25, -0.2) is 13.4 Å². The summed E-state index contributed by atoms with van der Waals surface area (Å²) in [6, 6.07) is 6.45. The topological polar surface area (TPSA) is 71.1 Å². The molecule has 112 valence electrons. The third-order valence-corrected chi connectivity index (χ3v) is 4.74. The number of hydrogen-bond donors (Lipinski definition) is 2. The molecular weight excluding hydrogens is 333 g/mol. The standard InChI is InChI=1S/C13H13Cl2N3O2S/c1-8-4-3-5-10(14)12(8)18-21(19,20)9-6-11(15)13(16-2)17-7-9/h3-7,18H,1-2H3,(H,16,17). The molecule has 2 rings (SSSR count). The molecule has 0 fully saturated rings. The lowest BCUT2D eigenvalue weighted by molar-refractivity contribution is 0.601. The fourth-order valence-electron chi connectivity index (χ4n) is 1.71. The van der Waals surface area contributed by atoms with Gasteiger partial charge in [0, 0.05) is 13.2 Å². The number of halogens is 2. The number of para-hydroxylation sites is 1. The summed E-state index contributed by atoms with van der Waals surface area (Å²) in [5.74, 6) is 0.407. The Morgan fingerprint density at radius 2 is 1.90 bits per heavy atom. The third-order valence-electron chi connectivity index (χ3n) is 2.82. The monoisotopic (exact) mass is 345 g/mol. The summed E-state index contributed by atoms with van der Waals surface area (Å²) >= 11 is 12.0. The van der Waals surface area contributed by atoms with Gasteiger partial charge in [-0.2, -0.15) is 0 Å². The van der Waals surface area contributed by atoms with Crippen LogP contribution in [0.25, 0.3) is 0 Å². The summed E-state index contributed by atoms with van der Waals surface area (Å²) < 4.78 is 27.2. The van der Waals surface area contributed by atoms with Crippen LogP contribution in [0.15, 0.2) is 35.4 Å². The Labute approximate surface area is 133 Å². The normalized spacial score (nSPS) is 11.2. The second-order valence-corrected chi connectivity index (χ2v) is 6.79. The summed E-state index contributed by atoms with van der Waals surface area (Å²) in [5, 5.41) is 3.30. The average Bonchev–Trinajstić information content (AvgIpc) is 2.43. The maximum Gasteiger partial charge on any atom is 0.263 e. The van der Waals surface area contributed by atoms with Crippen LogP contribution in [0, 0.1) is 6.92 Å². The van der Waals surface area contributed by atoms with E-state index in [1.165, 1.54) is 12.3 Å². The van der Waals surface area contributed by atoms with Crippen molar-refractivity contribution in [2.75, 3.05) is 17.1 Å². The molecule has 0 bridgehead atoms. The molecule has 0 atom stereocenters. The predicted octanol–water partition coefficient (Wildman–Crippen LogP) is 3.54. The molecule has 0 aliphatic carbocycles. The molecule has 0 amide bonds. The van der Waals surface area contributed by atoms with Crippen LogP contribution in [0.2, 0.25) is 10.0 Å². The van der Waals surface area contributed by atoms with Gasteiger partial charge in [0.2, 0.25) is 0 Å². The molecule has 1 aromatic carbocycles. The minimum atomic E-state index is -3.81. The highest BCUT2D eigenvalue weighted by molar-refractivity contribution is 7.92. The molecule has 0 saturated carbocycles. The van der Waals surface area contributed by atoms with Gasteiger partial charge >= 0.3 is 0 Å². The van der Waals surface area contributed by atoms with Crippen LogP contribution in [0.4, 0.5) is 11.5 Å². The average molecular weight is 346 g/mol. The van der Waals surface area contributed by atoms with Crippen LogP contribution < -0.4 is 10.0 Å². The molecule has 1 aromatic heterocycles. The Kier molecular flexibility index (Phi) is 4.61. The van der Waals surface area contributed by atoms with E-state index < -0.39 is 10.0 Å². The molecule has 2 N–H and O–H groups in total. The maximum atomic E-state index is 12.4. The summed E-state index contributed by atoms with van der Waals surface area (Å²) in [6.07, 6.45) is 1.23. The first kappa shape index (κ1) is 15.9. The van der Waals surface area contributed by atoms with Crippen molar-refractivity contribution >= 4 is 44.7 Å². The van der Waals surface area contributed by atoms with Gasteiger partial charge in [-0.1, -0.05) is 35.3 Å². The van der Waals surface area contributed by atoms with E-state index in [1.807, 2.05) is 0 Å². The lowest BCUT2D eigenvalue weighted by Gasteiger charge is -2.12. The van der Waals surface area contributed by atoms with E-state index in [-0.39, 0.29) is 9.92 Å². The van der Waals surface area contributed by atoms with Gasteiger partial charge in [-0.3, -0.25) is 4.72 Å². The summed E-state index contributed by atoms with van der Waals surface area (Å²) in [7, 11) is -2.17.